The number of rotatable bonds is 10. The molecular formula is C18H19BrN6O9S2. The number of carbonyl (C=O) groups excluding carboxylic acids is 4. The topological polar surface area (TPSA) is 192 Å². The number of aromatic nitrogens is 3. The molecular weight excluding hydrogens is 588 g/mol. The molecule has 18 heteroatoms. The van der Waals surface area contributed by atoms with Gasteiger partial charge in [-0.1, -0.05) is 32.8 Å². The number of Topliss-reactive ketones (excluding diaryl/α,β-unsaturated/α-hetero) is 1. The maximum atomic E-state index is 12.9. The van der Waals surface area contributed by atoms with Gasteiger partial charge in [-0.3, -0.25) is 19.3 Å². The molecule has 36 heavy (non-hydrogen) atoms. The van der Waals surface area contributed by atoms with Crippen molar-refractivity contribution in [2.24, 2.45) is 12.2 Å². The summed E-state index contributed by atoms with van der Waals surface area (Å²) in [5, 5.41) is 18.5. The number of nitrogens with zero attached hydrogens (tertiary/aromatic N) is 5. The van der Waals surface area contributed by atoms with Crippen LogP contribution in [-0.4, -0.2) is 103 Å². The number of hydrogen-bond donors (Lipinski definition) is 2. The van der Waals surface area contributed by atoms with E-state index in [9.17, 15) is 29.1 Å². The van der Waals surface area contributed by atoms with E-state index in [4.69, 9.17) is 4.74 Å². The van der Waals surface area contributed by atoms with Crippen LogP contribution in [0.1, 0.15) is 10.6 Å². The Labute approximate surface area is 220 Å². The summed E-state index contributed by atoms with van der Waals surface area (Å²) in [7, 11) is 3.94. The number of methoxy groups -OCH3 is 1. The number of oxime groups is 1. The molecule has 2 atom stereocenters. The lowest BCUT2D eigenvalue weighted by Gasteiger charge is -2.49. The number of nitrogens with one attached hydrogen (secondary N) is 1. The monoisotopic (exact) mass is 606 g/mol. The van der Waals surface area contributed by atoms with Gasteiger partial charge in [-0.25, -0.2) is 14.3 Å². The number of ether oxygens (including phenoxy) is 2. The number of hydrogen-bond acceptors (Lipinski definition) is 13. The molecule has 194 valence electrons. The second-order valence-corrected chi connectivity index (χ2v) is 9.55. The molecule has 1 fully saturated rings. The lowest BCUT2D eigenvalue weighted by molar-refractivity contribution is -0.148. The summed E-state index contributed by atoms with van der Waals surface area (Å²) in [4.78, 5) is 70.0. The van der Waals surface area contributed by atoms with E-state index >= 15 is 0 Å². The SMILES string of the molecule is CO/N=C(/C(=O)CBr)C(=O)N[C@@H]1C(=O)N2C(OC(=O)O)=C(CSc3nc(C(=O)OC)nn3C)CS[C@H]12. The zero-order valence-corrected chi connectivity index (χ0v) is 22.1. The highest BCUT2D eigenvalue weighted by atomic mass is 79.9. The zero-order valence-electron chi connectivity index (χ0n) is 18.9. The molecule has 0 bridgehead atoms. The Hall–Kier alpha value is -3.12. The average molecular weight is 607 g/mol. The molecule has 15 nitrogen and oxygen atoms in total. The number of fused-ring (bicyclic) bond motifs is 1. The van der Waals surface area contributed by atoms with Crippen LogP contribution in [0.2, 0.25) is 0 Å². The maximum absolute atomic E-state index is 12.9. The predicted molar refractivity (Wildman–Crippen MR) is 127 cm³/mol. The van der Waals surface area contributed by atoms with E-state index in [1.807, 2.05) is 0 Å². The molecule has 0 saturated carbocycles. The molecule has 2 amide bonds. The fraction of sp³-hybridized carbons (Fsp3) is 0.444. The number of halogens is 1. The minimum Gasteiger partial charge on any atom is -0.463 e. The first kappa shape index (κ1) is 27.5. The number of thioether (sulfide) groups is 2. The first-order chi connectivity index (χ1) is 17.1. The van der Waals surface area contributed by atoms with Gasteiger partial charge in [0.2, 0.25) is 17.4 Å². The lowest BCUT2D eigenvalue weighted by atomic mass is 10.1. The van der Waals surface area contributed by atoms with Gasteiger partial charge in [0.25, 0.3) is 17.6 Å². The molecule has 0 spiro atoms. The van der Waals surface area contributed by atoms with Gasteiger partial charge in [0.1, 0.15) is 18.5 Å². The Morgan fingerprint density at radius 3 is 2.67 bits per heavy atom. The average Bonchev–Trinajstić information content (AvgIpc) is 3.23. The van der Waals surface area contributed by atoms with Crippen LogP contribution in [0.15, 0.2) is 21.8 Å². The van der Waals surface area contributed by atoms with Gasteiger partial charge in [0, 0.05) is 24.1 Å². The van der Waals surface area contributed by atoms with Gasteiger partial charge in [-0.05, 0) is 0 Å². The molecule has 3 heterocycles. The quantitative estimate of drug-likeness (QED) is 0.0686. The van der Waals surface area contributed by atoms with Crippen molar-refractivity contribution in [1.82, 2.24) is 25.0 Å². The molecule has 2 aliphatic heterocycles. The number of carbonyl (C=O) groups is 5. The molecule has 2 N–H and O–H groups in total. The second kappa shape index (κ2) is 11.7. The van der Waals surface area contributed by atoms with Crippen LogP contribution in [0.5, 0.6) is 0 Å². The Bertz CT molecular complexity index is 1170. The van der Waals surface area contributed by atoms with Crippen molar-refractivity contribution in [3.8, 4) is 0 Å². The van der Waals surface area contributed by atoms with E-state index in [1.165, 1.54) is 30.7 Å². The Morgan fingerprint density at radius 2 is 2.06 bits per heavy atom. The summed E-state index contributed by atoms with van der Waals surface area (Å²) in [6, 6.07) is -1.05. The van der Waals surface area contributed by atoms with Gasteiger partial charge >= 0.3 is 12.1 Å². The van der Waals surface area contributed by atoms with Gasteiger partial charge in [0.05, 0.1) is 12.4 Å². The van der Waals surface area contributed by atoms with E-state index in [0.717, 1.165) is 16.7 Å². The van der Waals surface area contributed by atoms with Crippen molar-refractivity contribution in [3.63, 3.8) is 0 Å². The van der Waals surface area contributed by atoms with E-state index in [2.05, 4.69) is 46.1 Å². The Balaban J connectivity index is 1.77. The molecule has 1 aromatic rings. The summed E-state index contributed by atoms with van der Waals surface area (Å²) in [5.74, 6) is -2.78. The third kappa shape index (κ3) is 5.65. The molecule has 0 unspecified atom stereocenters. The number of β-lactam (4-membered cyclic amide) rings is 1. The van der Waals surface area contributed by atoms with Crippen LogP contribution < -0.4 is 5.32 Å². The summed E-state index contributed by atoms with van der Waals surface area (Å²) < 4.78 is 10.9. The maximum Gasteiger partial charge on any atom is 0.512 e. The lowest BCUT2D eigenvalue weighted by Crippen LogP contribution is -2.71. The van der Waals surface area contributed by atoms with Crippen molar-refractivity contribution in [2.75, 3.05) is 31.1 Å². The first-order valence-electron chi connectivity index (χ1n) is 9.83. The molecule has 3 rings (SSSR count). The minimum atomic E-state index is -1.62. The fourth-order valence-electron chi connectivity index (χ4n) is 3.12. The smallest absolute Gasteiger partial charge is 0.463 e. The summed E-state index contributed by atoms with van der Waals surface area (Å²) in [6.45, 7) is 0. The number of esters is 1. The van der Waals surface area contributed by atoms with Crippen molar-refractivity contribution in [1.29, 1.82) is 0 Å². The fourth-order valence-corrected chi connectivity index (χ4v) is 5.74. The van der Waals surface area contributed by atoms with E-state index in [-0.39, 0.29) is 28.5 Å². The van der Waals surface area contributed by atoms with Crippen LogP contribution >= 0.6 is 39.5 Å². The number of alkyl halides is 1. The van der Waals surface area contributed by atoms with Crippen molar-refractivity contribution < 1.29 is 43.4 Å². The molecule has 1 aromatic heterocycles. The van der Waals surface area contributed by atoms with E-state index in [0.29, 0.717) is 10.7 Å². The largest absolute Gasteiger partial charge is 0.512 e. The van der Waals surface area contributed by atoms with Crippen LogP contribution in [0.25, 0.3) is 0 Å². The van der Waals surface area contributed by atoms with E-state index < -0.39 is 46.8 Å². The van der Waals surface area contributed by atoms with Gasteiger partial charge in [-0.2, -0.15) is 4.98 Å². The number of carboxylic acid groups (broad SMARTS) is 1. The van der Waals surface area contributed by atoms with E-state index in [1.54, 1.807) is 7.05 Å². The highest BCUT2D eigenvalue weighted by Gasteiger charge is 2.54. The molecule has 0 aromatic carbocycles. The molecule has 0 radical (unpaired) electrons. The third-order valence-corrected chi connectivity index (χ3v) is 7.67. The normalized spacial score (nSPS) is 19.3. The van der Waals surface area contributed by atoms with Crippen LogP contribution in [-0.2, 0) is 35.7 Å². The highest BCUT2D eigenvalue weighted by Crippen LogP contribution is 2.41. The summed E-state index contributed by atoms with van der Waals surface area (Å²) in [6.07, 6.45) is -1.62. The second-order valence-electron chi connectivity index (χ2n) is 6.94. The summed E-state index contributed by atoms with van der Waals surface area (Å²) in [5.41, 5.74) is -0.0495. The molecule has 1 saturated heterocycles. The first-order valence-corrected chi connectivity index (χ1v) is 13.0. The molecule has 0 aliphatic carbocycles. The highest BCUT2D eigenvalue weighted by molar-refractivity contribution is 9.09. The third-order valence-electron chi connectivity index (χ3n) is 4.71. The van der Waals surface area contributed by atoms with Crippen molar-refractivity contribution in [2.45, 2.75) is 16.6 Å². The predicted octanol–water partition coefficient (Wildman–Crippen LogP) is -0.0337. The molecule has 2 aliphatic rings. The Morgan fingerprint density at radius 1 is 1.33 bits per heavy atom. The van der Waals surface area contributed by atoms with Crippen molar-refractivity contribution >= 4 is 74.9 Å². The van der Waals surface area contributed by atoms with Gasteiger partial charge < -0.3 is 24.7 Å². The van der Waals surface area contributed by atoms with Gasteiger partial charge in [0.15, 0.2) is 5.16 Å². The van der Waals surface area contributed by atoms with Crippen LogP contribution in [0.4, 0.5) is 4.79 Å². The zero-order chi connectivity index (χ0) is 26.6. The van der Waals surface area contributed by atoms with Crippen molar-refractivity contribution in [3.05, 3.63) is 17.3 Å². The summed E-state index contributed by atoms with van der Waals surface area (Å²) >= 11 is 5.35. The van der Waals surface area contributed by atoms with Crippen LogP contribution in [0, 0.1) is 0 Å². The minimum absolute atomic E-state index is 0.136. The number of ketones is 1. The Kier molecular flexibility index (Phi) is 8.96. The van der Waals surface area contributed by atoms with Gasteiger partial charge in [-0.15, -0.1) is 16.9 Å². The number of amides is 2. The number of aryl methyl sites for hydroxylation is 1. The standard InChI is InChI=1S/C18H19BrN6O9S2/c1-24-17(21-11(22-24)16(29)32-2)36-6-7-5-35-15-10(13(28)25(15)14(7)34-18(30)31)20-12(27)9(23-33-3)8(26)4-19/h10,15H,4-6H2,1-3H3,(H,20,27)(H,30,31)/b23-9-/t10-,15-/m1/s1. The van der Waals surface area contributed by atoms with Crippen LogP contribution in [0.3, 0.4) is 0 Å².